The molecule has 0 radical (unpaired) electrons. The number of hydrogen-bond donors (Lipinski definition) is 0. The van der Waals surface area contributed by atoms with Crippen molar-refractivity contribution in [2.75, 3.05) is 11.9 Å². The van der Waals surface area contributed by atoms with Gasteiger partial charge in [-0.2, -0.15) is 13.2 Å². The molecule has 1 heterocycles. The van der Waals surface area contributed by atoms with Crippen molar-refractivity contribution < 1.29 is 18.0 Å². The van der Waals surface area contributed by atoms with Crippen LogP contribution in [-0.4, -0.2) is 34.9 Å². The third-order valence-electron chi connectivity index (χ3n) is 3.01. The molecule has 0 aromatic carbocycles. The fourth-order valence-corrected chi connectivity index (χ4v) is 2.68. The molecule has 100 valence electrons. The van der Waals surface area contributed by atoms with E-state index in [9.17, 15) is 18.0 Å². The summed E-state index contributed by atoms with van der Waals surface area (Å²) in [5, 5.41) is 0.778. The zero-order chi connectivity index (χ0) is 12.9. The van der Waals surface area contributed by atoms with E-state index in [2.05, 4.69) is 15.9 Å². The second-order valence-corrected chi connectivity index (χ2v) is 5.12. The van der Waals surface area contributed by atoms with E-state index >= 15 is 0 Å². The summed E-state index contributed by atoms with van der Waals surface area (Å²) in [6.45, 7) is 0.606. The molecule has 0 bridgehead atoms. The average Bonchev–Trinajstić information content (AvgIpc) is 2.26. The Hall–Kier alpha value is -0.260. The molecular formula is C11H17BrF3NO. The minimum absolute atomic E-state index is 0.115. The summed E-state index contributed by atoms with van der Waals surface area (Å²) in [7, 11) is 0. The number of piperidine rings is 1. The Morgan fingerprint density at radius 2 is 2.06 bits per heavy atom. The van der Waals surface area contributed by atoms with Crippen molar-refractivity contribution in [1.29, 1.82) is 0 Å². The van der Waals surface area contributed by atoms with Gasteiger partial charge in [0.15, 0.2) is 0 Å². The highest BCUT2D eigenvalue weighted by Gasteiger charge is 2.31. The van der Waals surface area contributed by atoms with E-state index in [-0.39, 0.29) is 11.9 Å². The van der Waals surface area contributed by atoms with E-state index in [4.69, 9.17) is 0 Å². The lowest BCUT2D eigenvalue weighted by atomic mass is 9.99. The first-order valence-corrected chi connectivity index (χ1v) is 6.98. The van der Waals surface area contributed by atoms with Gasteiger partial charge in [0.25, 0.3) is 0 Å². The minimum Gasteiger partial charge on any atom is -0.340 e. The van der Waals surface area contributed by atoms with E-state index < -0.39 is 19.0 Å². The van der Waals surface area contributed by atoms with Crippen molar-refractivity contribution in [3.8, 4) is 0 Å². The summed E-state index contributed by atoms with van der Waals surface area (Å²) in [5.41, 5.74) is 0. The first-order valence-electron chi connectivity index (χ1n) is 5.86. The molecule has 17 heavy (non-hydrogen) atoms. The molecular weight excluding hydrogens is 299 g/mol. The number of hydrogen-bond acceptors (Lipinski definition) is 1. The Kier molecular flexibility index (Phi) is 5.76. The van der Waals surface area contributed by atoms with Crippen molar-refractivity contribution in [1.82, 2.24) is 4.90 Å². The zero-order valence-electron chi connectivity index (χ0n) is 9.60. The molecule has 0 aliphatic carbocycles. The lowest BCUT2D eigenvalue weighted by Gasteiger charge is -2.35. The maximum atomic E-state index is 12.1. The van der Waals surface area contributed by atoms with Gasteiger partial charge in [0.05, 0.1) is 6.42 Å². The lowest BCUT2D eigenvalue weighted by molar-refractivity contribution is -0.151. The number of halogens is 4. The molecule has 0 aromatic rings. The molecule has 1 aliphatic heterocycles. The molecule has 2 nitrogen and oxygen atoms in total. The monoisotopic (exact) mass is 315 g/mol. The molecule has 1 amide bonds. The molecule has 1 unspecified atom stereocenters. The molecule has 0 saturated carbocycles. The van der Waals surface area contributed by atoms with Crippen LogP contribution in [0.4, 0.5) is 13.2 Å². The first kappa shape index (κ1) is 14.8. The molecule has 1 rings (SSSR count). The average molecular weight is 316 g/mol. The molecule has 1 aliphatic rings. The second-order valence-electron chi connectivity index (χ2n) is 4.33. The Morgan fingerprint density at radius 3 is 2.65 bits per heavy atom. The van der Waals surface area contributed by atoms with Gasteiger partial charge in [0.2, 0.25) is 5.91 Å². The third kappa shape index (κ3) is 5.27. The normalized spacial score (nSPS) is 21.6. The van der Waals surface area contributed by atoms with Gasteiger partial charge in [-0.15, -0.1) is 0 Å². The molecule has 0 spiro atoms. The lowest BCUT2D eigenvalue weighted by Crippen LogP contribution is -2.44. The van der Waals surface area contributed by atoms with Crippen LogP contribution in [0.3, 0.4) is 0 Å². The van der Waals surface area contributed by atoms with Crippen LogP contribution in [0.5, 0.6) is 0 Å². The minimum atomic E-state index is -4.24. The van der Waals surface area contributed by atoms with Crippen molar-refractivity contribution in [2.45, 2.75) is 50.7 Å². The van der Waals surface area contributed by atoms with Gasteiger partial charge in [-0.05, 0) is 25.7 Å². The van der Waals surface area contributed by atoms with E-state index in [0.29, 0.717) is 6.54 Å². The van der Waals surface area contributed by atoms with Gasteiger partial charge in [-0.3, -0.25) is 4.79 Å². The smallest absolute Gasteiger partial charge is 0.340 e. The molecule has 6 heteroatoms. The highest BCUT2D eigenvalue weighted by atomic mass is 79.9. The number of nitrogens with zero attached hydrogens (tertiary/aromatic N) is 1. The van der Waals surface area contributed by atoms with Gasteiger partial charge in [0, 0.05) is 24.3 Å². The van der Waals surface area contributed by atoms with Gasteiger partial charge >= 0.3 is 6.18 Å². The highest BCUT2D eigenvalue weighted by Crippen LogP contribution is 2.25. The van der Waals surface area contributed by atoms with Crippen molar-refractivity contribution in [2.24, 2.45) is 0 Å². The van der Waals surface area contributed by atoms with E-state index in [0.717, 1.165) is 31.0 Å². The summed E-state index contributed by atoms with van der Waals surface area (Å²) >= 11 is 3.31. The van der Waals surface area contributed by atoms with Crippen LogP contribution in [0.25, 0.3) is 0 Å². The van der Waals surface area contributed by atoms with Gasteiger partial charge in [0.1, 0.15) is 0 Å². The summed E-state index contributed by atoms with van der Waals surface area (Å²) in [4.78, 5) is 13.4. The summed E-state index contributed by atoms with van der Waals surface area (Å²) in [6.07, 6.45) is -1.99. The highest BCUT2D eigenvalue weighted by molar-refractivity contribution is 9.09. The maximum absolute atomic E-state index is 12.1. The Morgan fingerprint density at radius 1 is 1.35 bits per heavy atom. The fourth-order valence-electron chi connectivity index (χ4n) is 2.15. The number of likely N-dealkylation sites (tertiary alicyclic amines) is 1. The van der Waals surface area contributed by atoms with Crippen LogP contribution in [0.1, 0.15) is 38.5 Å². The quantitative estimate of drug-likeness (QED) is 0.727. The Labute approximate surface area is 108 Å². The molecule has 0 N–H and O–H groups in total. The van der Waals surface area contributed by atoms with Crippen LogP contribution in [0.15, 0.2) is 0 Å². The van der Waals surface area contributed by atoms with E-state index in [1.54, 1.807) is 4.90 Å². The standard InChI is InChI=1S/C11H17BrF3NO/c12-7-5-9-3-1-2-8-16(9)10(17)4-6-11(13,14)15/h9H,1-8H2. The number of rotatable bonds is 4. The van der Waals surface area contributed by atoms with Gasteiger partial charge in [-0.25, -0.2) is 0 Å². The van der Waals surface area contributed by atoms with Crippen LogP contribution < -0.4 is 0 Å². The molecule has 1 saturated heterocycles. The first-order chi connectivity index (χ1) is 7.94. The van der Waals surface area contributed by atoms with Crippen molar-refractivity contribution in [3.63, 3.8) is 0 Å². The molecule has 1 fully saturated rings. The Balaban J connectivity index is 2.47. The summed E-state index contributed by atoms with van der Waals surface area (Å²) in [5.74, 6) is -0.354. The SMILES string of the molecule is O=C(CCC(F)(F)F)N1CCCCC1CCBr. The number of carbonyl (C=O) groups excluding carboxylic acids is 1. The number of amides is 1. The van der Waals surface area contributed by atoms with Gasteiger partial charge < -0.3 is 4.90 Å². The van der Waals surface area contributed by atoms with Gasteiger partial charge in [-0.1, -0.05) is 15.9 Å². The predicted molar refractivity (Wildman–Crippen MR) is 63.1 cm³/mol. The number of alkyl halides is 4. The van der Waals surface area contributed by atoms with Crippen LogP contribution >= 0.6 is 15.9 Å². The Bertz CT molecular complexity index is 256. The fraction of sp³-hybridized carbons (Fsp3) is 0.909. The summed E-state index contributed by atoms with van der Waals surface area (Å²) in [6, 6.07) is 0.115. The van der Waals surface area contributed by atoms with Crippen molar-refractivity contribution >= 4 is 21.8 Å². The van der Waals surface area contributed by atoms with Crippen LogP contribution in [0.2, 0.25) is 0 Å². The number of carbonyl (C=O) groups is 1. The molecule has 0 aromatic heterocycles. The predicted octanol–water partition coefficient (Wildman–Crippen LogP) is 3.50. The summed E-state index contributed by atoms with van der Waals surface area (Å²) < 4.78 is 36.2. The largest absolute Gasteiger partial charge is 0.389 e. The molecule has 1 atom stereocenters. The van der Waals surface area contributed by atoms with Crippen LogP contribution in [-0.2, 0) is 4.79 Å². The zero-order valence-corrected chi connectivity index (χ0v) is 11.2. The third-order valence-corrected chi connectivity index (χ3v) is 3.47. The topological polar surface area (TPSA) is 20.3 Å². The van der Waals surface area contributed by atoms with E-state index in [1.165, 1.54) is 0 Å². The maximum Gasteiger partial charge on any atom is 0.389 e. The van der Waals surface area contributed by atoms with Crippen LogP contribution in [0, 0.1) is 0 Å². The van der Waals surface area contributed by atoms with Crippen molar-refractivity contribution in [3.05, 3.63) is 0 Å². The second kappa shape index (κ2) is 6.61. The van der Waals surface area contributed by atoms with E-state index in [1.807, 2.05) is 0 Å².